The van der Waals surface area contributed by atoms with Crippen LogP contribution in [0.25, 0.3) is 0 Å². The van der Waals surface area contributed by atoms with Crippen LogP contribution < -0.4 is 5.32 Å². The maximum atomic E-state index is 4.19. The van der Waals surface area contributed by atoms with Crippen molar-refractivity contribution in [2.45, 2.75) is 33.2 Å². The average molecular weight is 222 g/mol. The number of nitrogens with zero attached hydrogens (tertiary/aromatic N) is 3. The highest BCUT2D eigenvalue weighted by atomic mass is 15.1. The first kappa shape index (κ1) is 12.9. The second kappa shape index (κ2) is 6.43. The summed E-state index contributed by atoms with van der Waals surface area (Å²) in [7, 11) is 2.13. The van der Waals surface area contributed by atoms with E-state index >= 15 is 0 Å². The molecule has 90 valence electrons. The van der Waals surface area contributed by atoms with E-state index in [1.54, 1.807) is 6.33 Å². The summed E-state index contributed by atoms with van der Waals surface area (Å²) >= 11 is 0. The van der Waals surface area contributed by atoms with E-state index in [2.05, 4.69) is 48.0 Å². The van der Waals surface area contributed by atoms with Crippen molar-refractivity contribution in [1.82, 2.24) is 14.9 Å². The van der Waals surface area contributed by atoms with E-state index in [1.807, 2.05) is 6.07 Å². The van der Waals surface area contributed by atoms with Crippen LogP contribution >= 0.6 is 0 Å². The van der Waals surface area contributed by atoms with Crippen molar-refractivity contribution in [3.63, 3.8) is 0 Å². The third-order valence-corrected chi connectivity index (χ3v) is 2.74. The molecule has 0 aromatic carbocycles. The van der Waals surface area contributed by atoms with Crippen molar-refractivity contribution in [2.24, 2.45) is 0 Å². The highest BCUT2D eigenvalue weighted by molar-refractivity contribution is 5.34. The molecular weight excluding hydrogens is 200 g/mol. The largest absolute Gasteiger partial charge is 0.369 e. The molecule has 0 saturated carbocycles. The summed E-state index contributed by atoms with van der Waals surface area (Å²) < 4.78 is 0. The van der Waals surface area contributed by atoms with Gasteiger partial charge in [0.15, 0.2) is 0 Å². The predicted molar refractivity (Wildman–Crippen MR) is 67.7 cm³/mol. The molecule has 0 bridgehead atoms. The molecule has 16 heavy (non-hydrogen) atoms. The number of hydrogen-bond acceptors (Lipinski definition) is 4. The van der Waals surface area contributed by atoms with Gasteiger partial charge in [-0.15, -0.1) is 0 Å². The molecular formula is C12H22N4. The second-order valence-corrected chi connectivity index (χ2v) is 4.25. The van der Waals surface area contributed by atoms with Gasteiger partial charge in [-0.3, -0.25) is 0 Å². The number of aryl methyl sites for hydroxylation is 1. The number of anilines is 1. The number of aromatic nitrogens is 2. The standard InChI is InChI=1S/C12H22N4/c1-5-11-8-12(15-9-14-11)13-6-7-16(4)10(2)3/h8-10H,5-7H2,1-4H3,(H,13,14,15). The first-order valence-corrected chi connectivity index (χ1v) is 5.88. The molecule has 4 heteroatoms. The highest BCUT2D eigenvalue weighted by Crippen LogP contribution is 2.04. The zero-order valence-electron chi connectivity index (χ0n) is 10.7. The molecule has 0 amide bonds. The van der Waals surface area contributed by atoms with Gasteiger partial charge in [-0.25, -0.2) is 9.97 Å². The topological polar surface area (TPSA) is 41.0 Å². The molecule has 0 atom stereocenters. The summed E-state index contributed by atoms with van der Waals surface area (Å²) in [5.74, 6) is 0.920. The van der Waals surface area contributed by atoms with Gasteiger partial charge in [0, 0.05) is 30.9 Å². The van der Waals surface area contributed by atoms with Crippen LogP contribution in [0.2, 0.25) is 0 Å². The molecule has 1 aromatic rings. The predicted octanol–water partition coefficient (Wildman–Crippen LogP) is 1.79. The van der Waals surface area contributed by atoms with Crippen LogP contribution in [-0.2, 0) is 6.42 Å². The molecule has 0 radical (unpaired) electrons. The number of hydrogen-bond donors (Lipinski definition) is 1. The average Bonchev–Trinajstić information content (AvgIpc) is 2.29. The molecule has 0 aliphatic rings. The third kappa shape index (κ3) is 4.14. The van der Waals surface area contributed by atoms with Crippen LogP contribution in [0.3, 0.4) is 0 Å². The molecule has 1 rings (SSSR count). The number of rotatable bonds is 6. The summed E-state index contributed by atoms with van der Waals surface area (Å²) in [5.41, 5.74) is 1.08. The summed E-state index contributed by atoms with van der Waals surface area (Å²) in [4.78, 5) is 10.7. The van der Waals surface area contributed by atoms with Gasteiger partial charge in [0.2, 0.25) is 0 Å². The summed E-state index contributed by atoms with van der Waals surface area (Å²) in [6.45, 7) is 8.41. The van der Waals surface area contributed by atoms with Crippen molar-refractivity contribution >= 4 is 5.82 Å². The second-order valence-electron chi connectivity index (χ2n) is 4.25. The van der Waals surface area contributed by atoms with E-state index in [4.69, 9.17) is 0 Å². The molecule has 0 unspecified atom stereocenters. The Morgan fingerprint density at radius 1 is 1.38 bits per heavy atom. The summed E-state index contributed by atoms with van der Waals surface area (Å²) in [5, 5.41) is 3.31. The van der Waals surface area contributed by atoms with Crippen LogP contribution in [0.5, 0.6) is 0 Å². The minimum Gasteiger partial charge on any atom is -0.369 e. The first-order chi connectivity index (χ1) is 7.63. The number of nitrogens with one attached hydrogen (secondary N) is 1. The van der Waals surface area contributed by atoms with Crippen molar-refractivity contribution < 1.29 is 0 Å². The van der Waals surface area contributed by atoms with Crippen molar-refractivity contribution in [3.05, 3.63) is 18.1 Å². The fraction of sp³-hybridized carbons (Fsp3) is 0.667. The lowest BCUT2D eigenvalue weighted by atomic mass is 10.3. The van der Waals surface area contributed by atoms with E-state index < -0.39 is 0 Å². The van der Waals surface area contributed by atoms with E-state index in [-0.39, 0.29) is 0 Å². The quantitative estimate of drug-likeness (QED) is 0.796. The van der Waals surface area contributed by atoms with Crippen molar-refractivity contribution in [3.8, 4) is 0 Å². The van der Waals surface area contributed by atoms with Crippen LogP contribution in [0.4, 0.5) is 5.82 Å². The Balaban J connectivity index is 2.37. The molecule has 4 nitrogen and oxygen atoms in total. The van der Waals surface area contributed by atoms with Gasteiger partial charge in [0.1, 0.15) is 12.1 Å². The van der Waals surface area contributed by atoms with Gasteiger partial charge in [-0.1, -0.05) is 6.92 Å². The normalized spacial score (nSPS) is 11.1. The number of likely N-dealkylation sites (N-methyl/N-ethyl adjacent to an activating group) is 1. The molecule has 0 aliphatic heterocycles. The molecule has 0 saturated heterocycles. The molecule has 1 aromatic heterocycles. The molecule has 0 spiro atoms. The maximum Gasteiger partial charge on any atom is 0.129 e. The van der Waals surface area contributed by atoms with E-state index in [1.165, 1.54) is 0 Å². The molecule has 0 fully saturated rings. The monoisotopic (exact) mass is 222 g/mol. The van der Waals surface area contributed by atoms with Crippen LogP contribution in [-0.4, -0.2) is 41.0 Å². The van der Waals surface area contributed by atoms with E-state index in [9.17, 15) is 0 Å². The third-order valence-electron chi connectivity index (χ3n) is 2.74. The Labute approximate surface area is 98.1 Å². The lowest BCUT2D eigenvalue weighted by molar-refractivity contribution is 0.284. The Bertz CT molecular complexity index is 312. The van der Waals surface area contributed by atoms with Gasteiger partial charge in [0.05, 0.1) is 0 Å². The Hall–Kier alpha value is -1.16. The lowest BCUT2D eigenvalue weighted by Crippen LogP contribution is -2.31. The summed E-state index contributed by atoms with van der Waals surface area (Å²) in [6, 6.07) is 2.59. The minimum absolute atomic E-state index is 0.582. The van der Waals surface area contributed by atoms with Crippen LogP contribution in [0, 0.1) is 0 Å². The highest BCUT2D eigenvalue weighted by Gasteiger charge is 2.02. The Kier molecular flexibility index (Phi) is 5.19. The molecule has 1 heterocycles. The molecule has 1 N–H and O–H groups in total. The van der Waals surface area contributed by atoms with Crippen molar-refractivity contribution in [2.75, 3.05) is 25.5 Å². The Morgan fingerprint density at radius 3 is 2.75 bits per heavy atom. The van der Waals surface area contributed by atoms with Gasteiger partial charge >= 0.3 is 0 Å². The van der Waals surface area contributed by atoms with Gasteiger partial charge < -0.3 is 10.2 Å². The van der Waals surface area contributed by atoms with Gasteiger partial charge in [0.25, 0.3) is 0 Å². The Morgan fingerprint density at radius 2 is 2.12 bits per heavy atom. The van der Waals surface area contributed by atoms with Crippen molar-refractivity contribution in [1.29, 1.82) is 0 Å². The zero-order valence-corrected chi connectivity index (χ0v) is 10.7. The summed E-state index contributed by atoms with van der Waals surface area (Å²) in [6.07, 6.45) is 2.57. The minimum atomic E-state index is 0.582. The fourth-order valence-electron chi connectivity index (χ4n) is 1.31. The van der Waals surface area contributed by atoms with Crippen LogP contribution in [0.15, 0.2) is 12.4 Å². The van der Waals surface area contributed by atoms with Gasteiger partial charge in [-0.05, 0) is 27.3 Å². The van der Waals surface area contributed by atoms with E-state index in [0.717, 1.165) is 31.0 Å². The fourth-order valence-corrected chi connectivity index (χ4v) is 1.31. The first-order valence-electron chi connectivity index (χ1n) is 5.88. The van der Waals surface area contributed by atoms with Crippen LogP contribution in [0.1, 0.15) is 26.5 Å². The van der Waals surface area contributed by atoms with Gasteiger partial charge in [-0.2, -0.15) is 0 Å². The maximum absolute atomic E-state index is 4.19. The zero-order chi connectivity index (χ0) is 12.0. The molecule has 0 aliphatic carbocycles. The smallest absolute Gasteiger partial charge is 0.129 e. The lowest BCUT2D eigenvalue weighted by Gasteiger charge is -2.21. The van der Waals surface area contributed by atoms with E-state index in [0.29, 0.717) is 6.04 Å². The SMILES string of the molecule is CCc1cc(NCCN(C)C(C)C)ncn1.